The average molecular weight is 322 g/mol. The molecule has 4 rings (SSSR count). The van der Waals surface area contributed by atoms with Crippen molar-refractivity contribution in [2.75, 3.05) is 0 Å². The largest absolute Gasteiger partial charge is 0.481 e. The van der Waals surface area contributed by atoms with Crippen molar-refractivity contribution in [3.63, 3.8) is 0 Å². The van der Waals surface area contributed by atoms with Crippen LogP contribution < -0.4 is 4.74 Å². The number of pyridine rings is 1. The highest BCUT2D eigenvalue weighted by atomic mass is 16.5. The van der Waals surface area contributed by atoms with Gasteiger partial charge in [0.1, 0.15) is 6.10 Å². The van der Waals surface area contributed by atoms with Crippen molar-refractivity contribution in [1.29, 1.82) is 0 Å². The third-order valence-corrected chi connectivity index (χ3v) is 4.77. The van der Waals surface area contributed by atoms with Gasteiger partial charge in [-0.05, 0) is 32.3 Å². The summed E-state index contributed by atoms with van der Waals surface area (Å²) in [6.07, 6.45) is 3.01. The maximum absolute atomic E-state index is 11.7. The third-order valence-electron chi connectivity index (χ3n) is 4.77. The Morgan fingerprint density at radius 1 is 1.29 bits per heavy atom. The first-order valence-corrected chi connectivity index (χ1v) is 8.02. The number of fused-ring (bicyclic) bond motifs is 3. The number of ether oxygens (including phenoxy) is 1. The summed E-state index contributed by atoms with van der Waals surface area (Å²) >= 11 is 0. The molecule has 1 aliphatic heterocycles. The summed E-state index contributed by atoms with van der Waals surface area (Å²) < 4.78 is 8.07. The van der Waals surface area contributed by atoms with E-state index in [9.17, 15) is 9.90 Å². The van der Waals surface area contributed by atoms with Crippen LogP contribution in [0.2, 0.25) is 0 Å². The topological polar surface area (TPSA) is 63.8 Å². The highest BCUT2D eigenvalue weighted by Crippen LogP contribution is 2.39. The van der Waals surface area contributed by atoms with Crippen molar-refractivity contribution in [2.45, 2.75) is 32.8 Å². The molecular weight excluding hydrogens is 304 g/mol. The number of imidazole rings is 1. The SMILES string of the molecule is Cc1nc2c3c(c(C(=O)O)cn2c1C)CC[C@@H](c1ccccc1)O3. The molecule has 1 aromatic carbocycles. The zero-order valence-corrected chi connectivity index (χ0v) is 13.6. The molecule has 0 unspecified atom stereocenters. The molecule has 24 heavy (non-hydrogen) atoms. The Morgan fingerprint density at radius 2 is 2.04 bits per heavy atom. The Hall–Kier alpha value is -2.82. The minimum Gasteiger partial charge on any atom is -0.481 e. The Labute approximate surface area is 139 Å². The molecule has 0 radical (unpaired) electrons. The number of carbonyl (C=O) groups is 1. The summed E-state index contributed by atoms with van der Waals surface area (Å²) in [5, 5.41) is 9.59. The molecule has 0 amide bonds. The van der Waals surface area contributed by atoms with Crippen molar-refractivity contribution < 1.29 is 14.6 Å². The summed E-state index contributed by atoms with van der Waals surface area (Å²) in [5.41, 5.74) is 4.65. The number of benzene rings is 1. The molecule has 122 valence electrons. The van der Waals surface area contributed by atoms with Crippen molar-refractivity contribution in [1.82, 2.24) is 9.38 Å². The maximum atomic E-state index is 11.7. The van der Waals surface area contributed by atoms with E-state index in [1.807, 2.05) is 48.6 Å². The zero-order valence-electron chi connectivity index (χ0n) is 13.6. The van der Waals surface area contributed by atoms with Crippen LogP contribution in [0.3, 0.4) is 0 Å². The molecule has 3 heterocycles. The van der Waals surface area contributed by atoms with E-state index in [0.29, 0.717) is 23.4 Å². The molecule has 0 spiro atoms. The van der Waals surface area contributed by atoms with Gasteiger partial charge in [0.05, 0.1) is 11.3 Å². The second-order valence-corrected chi connectivity index (χ2v) is 6.19. The lowest BCUT2D eigenvalue weighted by molar-refractivity contribution is 0.0692. The van der Waals surface area contributed by atoms with Gasteiger partial charge in [-0.3, -0.25) is 0 Å². The van der Waals surface area contributed by atoms with Gasteiger partial charge in [-0.1, -0.05) is 30.3 Å². The average Bonchev–Trinajstić information content (AvgIpc) is 2.89. The lowest BCUT2D eigenvalue weighted by atomic mass is 9.95. The van der Waals surface area contributed by atoms with Crippen molar-refractivity contribution >= 4 is 11.6 Å². The number of carboxylic acid groups (broad SMARTS) is 1. The molecule has 0 bridgehead atoms. The van der Waals surface area contributed by atoms with Crippen LogP contribution in [0.5, 0.6) is 5.75 Å². The molecule has 0 fully saturated rings. The third kappa shape index (κ3) is 2.16. The second kappa shape index (κ2) is 5.37. The van der Waals surface area contributed by atoms with Crippen molar-refractivity contribution in [3.05, 3.63) is 64.6 Å². The fraction of sp³-hybridized carbons (Fsp3) is 0.263. The highest BCUT2D eigenvalue weighted by Gasteiger charge is 2.29. The van der Waals surface area contributed by atoms with Gasteiger partial charge >= 0.3 is 5.97 Å². The van der Waals surface area contributed by atoms with Gasteiger partial charge in [0, 0.05) is 17.5 Å². The highest BCUT2D eigenvalue weighted by molar-refractivity contribution is 5.91. The quantitative estimate of drug-likeness (QED) is 0.781. The summed E-state index contributed by atoms with van der Waals surface area (Å²) in [6, 6.07) is 10.0. The molecule has 0 aliphatic carbocycles. The van der Waals surface area contributed by atoms with Gasteiger partial charge in [0.15, 0.2) is 11.4 Å². The lowest BCUT2D eigenvalue weighted by Crippen LogP contribution is -2.19. The fourth-order valence-electron chi connectivity index (χ4n) is 3.34. The van der Waals surface area contributed by atoms with Gasteiger partial charge < -0.3 is 14.2 Å². The number of aryl methyl sites for hydroxylation is 2. The van der Waals surface area contributed by atoms with Crippen LogP contribution >= 0.6 is 0 Å². The van der Waals surface area contributed by atoms with E-state index in [4.69, 9.17) is 4.74 Å². The molecule has 5 heteroatoms. The molecule has 1 N–H and O–H groups in total. The standard InChI is InChI=1S/C19H18N2O3/c1-11-12(2)21-10-15(19(22)23)14-8-9-16(13-6-4-3-5-7-13)24-17(14)18(21)20-11/h3-7,10,16H,8-9H2,1-2H3,(H,22,23)/t16-/m0/s1. The van der Waals surface area contributed by atoms with E-state index < -0.39 is 5.97 Å². The van der Waals surface area contributed by atoms with E-state index in [0.717, 1.165) is 28.9 Å². The Kier molecular flexibility index (Phi) is 3.30. The Bertz CT molecular complexity index is 944. The second-order valence-electron chi connectivity index (χ2n) is 6.19. The number of aromatic nitrogens is 2. The molecular formula is C19H18N2O3. The maximum Gasteiger partial charge on any atom is 0.337 e. The van der Waals surface area contributed by atoms with Gasteiger partial charge in [-0.2, -0.15) is 0 Å². The van der Waals surface area contributed by atoms with Gasteiger partial charge in [0.2, 0.25) is 0 Å². The minimum atomic E-state index is -0.930. The molecule has 5 nitrogen and oxygen atoms in total. The monoisotopic (exact) mass is 322 g/mol. The molecule has 3 aromatic rings. The predicted octanol–water partition coefficient (Wildman–Crippen LogP) is 3.72. The predicted molar refractivity (Wildman–Crippen MR) is 89.8 cm³/mol. The molecule has 2 aromatic heterocycles. The van der Waals surface area contributed by atoms with Crippen molar-refractivity contribution in [2.24, 2.45) is 0 Å². The Morgan fingerprint density at radius 3 is 2.75 bits per heavy atom. The van der Waals surface area contributed by atoms with Crippen LogP contribution in [0.25, 0.3) is 5.65 Å². The number of aromatic carboxylic acids is 1. The summed E-state index contributed by atoms with van der Waals surface area (Å²) in [7, 11) is 0. The smallest absolute Gasteiger partial charge is 0.337 e. The number of hydrogen-bond acceptors (Lipinski definition) is 3. The molecule has 1 aliphatic rings. The van der Waals surface area contributed by atoms with Crippen LogP contribution in [0, 0.1) is 13.8 Å². The molecule has 1 atom stereocenters. The molecule has 0 saturated carbocycles. The fourth-order valence-corrected chi connectivity index (χ4v) is 3.34. The van der Waals surface area contributed by atoms with E-state index >= 15 is 0 Å². The summed E-state index contributed by atoms with van der Waals surface area (Å²) in [5.74, 6) is -0.327. The van der Waals surface area contributed by atoms with Gasteiger partial charge in [-0.25, -0.2) is 9.78 Å². The first-order valence-electron chi connectivity index (χ1n) is 8.02. The van der Waals surface area contributed by atoms with Crippen LogP contribution in [0.1, 0.15) is 45.4 Å². The van der Waals surface area contributed by atoms with E-state index in [-0.39, 0.29) is 6.10 Å². The van der Waals surface area contributed by atoms with Crippen molar-refractivity contribution in [3.8, 4) is 5.75 Å². The number of hydrogen-bond donors (Lipinski definition) is 1. The molecule has 0 saturated heterocycles. The van der Waals surface area contributed by atoms with Crippen LogP contribution in [0.4, 0.5) is 0 Å². The first kappa shape index (κ1) is 14.8. The van der Waals surface area contributed by atoms with E-state index in [1.54, 1.807) is 6.20 Å². The zero-order chi connectivity index (χ0) is 16.8. The minimum absolute atomic E-state index is 0.0798. The Balaban J connectivity index is 1.91. The number of nitrogens with zero attached hydrogens (tertiary/aromatic N) is 2. The lowest BCUT2D eigenvalue weighted by Gasteiger charge is -2.27. The first-order chi connectivity index (χ1) is 11.6. The van der Waals surface area contributed by atoms with E-state index in [1.165, 1.54) is 0 Å². The summed E-state index contributed by atoms with van der Waals surface area (Å²) in [4.78, 5) is 16.3. The van der Waals surface area contributed by atoms with E-state index in [2.05, 4.69) is 4.98 Å². The van der Waals surface area contributed by atoms with Gasteiger partial charge in [-0.15, -0.1) is 0 Å². The van der Waals surface area contributed by atoms with Crippen LogP contribution in [-0.2, 0) is 6.42 Å². The van der Waals surface area contributed by atoms with Crippen LogP contribution in [-0.4, -0.2) is 20.5 Å². The normalized spacial score (nSPS) is 16.7. The van der Waals surface area contributed by atoms with Crippen LogP contribution in [0.15, 0.2) is 36.5 Å². The van der Waals surface area contributed by atoms with Gasteiger partial charge in [0.25, 0.3) is 0 Å². The summed E-state index contributed by atoms with van der Waals surface area (Å²) in [6.45, 7) is 3.86. The number of rotatable bonds is 2. The number of carboxylic acids is 1.